The van der Waals surface area contributed by atoms with Crippen LogP contribution in [0.15, 0.2) is 34.7 Å². The lowest BCUT2D eigenvalue weighted by molar-refractivity contribution is -0.134. The molecule has 1 fully saturated rings. The summed E-state index contributed by atoms with van der Waals surface area (Å²) in [6, 6.07) is 10.1. The Balaban J connectivity index is 1.80. The van der Waals surface area contributed by atoms with E-state index in [0.717, 1.165) is 49.2 Å². The van der Waals surface area contributed by atoms with Crippen LogP contribution in [0.4, 0.5) is 0 Å². The Hall–Kier alpha value is -2.14. The molecule has 1 amide bonds. The van der Waals surface area contributed by atoms with Crippen LogP contribution in [0.3, 0.4) is 0 Å². The van der Waals surface area contributed by atoms with E-state index in [1.165, 1.54) is 0 Å². The number of oxazole rings is 1. The molecule has 3 rings (SSSR count). The maximum absolute atomic E-state index is 13.5. The number of amides is 1. The zero-order chi connectivity index (χ0) is 21.9. The Morgan fingerprint density at radius 3 is 2.40 bits per heavy atom. The first kappa shape index (κ1) is 22.5. The van der Waals surface area contributed by atoms with Crippen molar-refractivity contribution in [2.24, 2.45) is 0 Å². The number of rotatable bonds is 7. The number of aromatic nitrogens is 1. The van der Waals surface area contributed by atoms with Crippen LogP contribution in [0.2, 0.25) is 0 Å². The molecular formula is C25H37N3O2. The summed E-state index contributed by atoms with van der Waals surface area (Å²) in [5, 5.41) is 3.73. The predicted molar refractivity (Wildman–Crippen MR) is 121 cm³/mol. The van der Waals surface area contributed by atoms with Gasteiger partial charge in [-0.05, 0) is 66.0 Å². The van der Waals surface area contributed by atoms with Crippen molar-refractivity contribution in [1.82, 2.24) is 15.2 Å². The van der Waals surface area contributed by atoms with Gasteiger partial charge in [0.05, 0.1) is 12.1 Å². The number of carbonyl (C=O) groups excluding carboxylic acids is 1. The second-order valence-corrected chi connectivity index (χ2v) is 9.96. The monoisotopic (exact) mass is 411 g/mol. The molecule has 2 aromatic rings. The summed E-state index contributed by atoms with van der Waals surface area (Å²) in [4.78, 5) is 20.2. The van der Waals surface area contributed by atoms with E-state index in [0.29, 0.717) is 5.89 Å². The molecule has 0 atom stereocenters. The minimum atomic E-state index is 0.00144. The highest BCUT2D eigenvalue weighted by atomic mass is 16.4. The van der Waals surface area contributed by atoms with Crippen LogP contribution >= 0.6 is 0 Å². The van der Waals surface area contributed by atoms with Gasteiger partial charge >= 0.3 is 0 Å². The van der Waals surface area contributed by atoms with Crippen LogP contribution in [0.1, 0.15) is 71.8 Å². The standard InChI is InChI=1S/C25H37N3O2/c1-7-8-14-28(20-16-24(3,4)27-25(5,6)17-20)22(29)15-21-18(2)30-23(26-21)19-12-10-9-11-13-19/h9-13,20,27H,7-8,14-17H2,1-6H3. The first-order chi connectivity index (χ1) is 14.1. The van der Waals surface area contributed by atoms with Crippen molar-refractivity contribution in [3.05, 3.63) is 41.8 Å². The third-order valence-corrected chi connectivity index (χ3v) is 5.91. The maximum atomic E-state index is 13.5. The van der Waals surface area contributed by atoms with Gasteiger partial charge in [-0.3, -0.25) is 4.79 Å². The van der Waals surface area contributed by atoms with Crippen LogP contribution in [-0.2, 0) is 11.2 Å². The van der Waals surface area contributed by atoms with Crippen molar-refractivity contribution < 1.29 is 9.21 Å². The molecule has 5 nitrogen and oxygen atoms in total. The number of hydrogen-bond donors (Lipinski definition) is 1. The van der Waals surface area contributed by atoms with Crippen molar-refractivity contribution in [1.29, 1.82) is 0 Å². The fraction of sp³-hybridized carbons (Fsp3) is 0.600. The van der Waals surface area contributed by atoms with Crippen LogP contribution in [-0.4, -0.2) is 39.5 Å². The molecule has 30 heavy (non-hydrogen) atoms. The van der Waals surface area contributed by atoms with E-state index in [2.05, 4.69) is 49.8 Å². The van der Waals surface area contributed by atoms with E-state index in [4.69, 9.17) is 4.42 Å². The van der Waals surface area contributed by atoms with Gasteiger partial charge in [0.15, 0.2) is 0 Å². The molecule has 0 spiro atoms. The summed E-state index contributed by atoms with van der Waals surface area (Å²) in [5.41, 5.74) is 1.68. The van der Waals surface area contributed by atoms with Crippen molar-refractivity contribution >= 4 is 5.91 Å². The number of unbranched alkanes of at least 4 members (excludes halogenated alkanes) is 1. The molecule has 0 aliphatic carbocycles. The van der Waals surface area contributed by atoms with Gasteiger partial charge in [-0.25, -0.2) is 4.98 Å². The van der Waals surface area contributed by atoms with E-state index >= 15 is 0 Å². The molecule has 0 saturated carbocycles. The lowest BCUT2D eigenvalue weighted by Crippen LogP contribution is -2.63. The molecular weight excluding hydrogens is 374 g/mol. The third kappa shape index (κ3) is 5.51. The molecule has 0 bridgehead atoms. The number of hydrogen-bond acceptors (Lipinski definition) is 4. The highest BCUT2D eigenvalue weighted by molar-refractivity contribution is 5.79. The largest absolute Gasteiger partial charge is 0.441 e. The molecule has 1 saturated heterocycles. The van der Waals surface area contributed by atoms with Crippen LogP contribution in [0.25, 0.3) is 11.5 Å². The summed E-state index contributed by atoms with van der Waals surface area (Å²) in [7, 11) is 0. The number of carbonyl (C=O) groups is 1. The Kier molecular flexibility index (Phi) is 6.71. The second kappa shape index (κ2) is 8.93. The van der Waals surface area contributed by atoms with Crippen molar-refractivity contribution in [3.8, 4) is 11.5 Å². The first-order valence-electron chi connectivity index (χ1n) is 11.2. The molecule has 164 valence electrons. The number of nitrogens with one attached hydrogen (secondary N) is 1. The van der Waals surface area contributed by atoms with Gasteiger partial charge in [0, 0.05) is 29.2 Å². The van der Waals surface area contributed by atoms with E-state index in [1.54, 1.807) is 0 Å². The molecule has 1 aromatic heterocycles. The SMILES string of the molecule is CCCCN(C(=O)Cc1nc(-c2ccccc2)oc1C)C1CC(C)(C)NC(C)(C)C1. The summed E-state index contributed by atoms with van der Waals surface area (Å²) in [6.07, 6.45) is 4.29. The lowest BCUT2D eigenvalue weighted by Gasteiger charge is -2.49. The molecule has 1 aliphatic heterocycles. The Morgan fingerprint density at radius 1 is 1.17 bits per heavy atom. The summed E-state index contributed by atoms with van der Waals surface area (Å²) in [6.45, 7) is 13.8. The molecule has 2 heterocycles. The van der Waals surface area contributed by atoms with Gasteiger partial charge in [0.2, 0.25) is 11.8 Å². The highest BCUT2D eigenvalue weighted by Crippen LogP contribution is 2.32. The summed E-state index contributed by atoms with van der Waals surface area (Å²) >= 11 is 0. The van der Waals surface area contributed by atoms with Crippen LogP contribution < -0.4 is 5.32 Å². The number of aryl methyl sites for hydroxylation is 1. The molecule has 1 N–H and O–H groups in total. The lowest BCUT2D eigenvalue weighted by atomic mass is 9.79. The maximum Gasteiger partial charge on any atom is 0.228 e. The number of piperidine rings is 1. The fourth-order valence-corrected chi connectivity index (χ4v) is 4.87. The predicted octanol–water partition coefficient (Wildman–Crippen LogP) is 5.13. The van der Waals surface area contributed by atoms with Crippen LogP contribution in [0.5, 0.6) is 0 Å². The van der Waals surface area contributed by atoms with Crippen molar-refractivity contribution in [3.63, 3.8) is 0 Å². The average Bonchev–Trinajstić information content (AvgIpc) is 3.01. The van der Waals surface area contributed by atoms with E-state index in [9.17, 15) is 4.79 Å². The van der Waals surface area contributed by atoms with E-state index < -0.39 is 0 Å². The zero-order valence-electron chi connectivity index (χ0n) is 19.4. The van der Waals surface area contributed by atoms with Gasteiger partial charge in [-0.2, -0.15) is 0 Å². The number of nitrogens with zero attached hydrogens (tertiary/aromatic N) is 2. The normalized spacial score (nSPS) is 18.3. The quantitative estimate of drug-likeness (QED) is 0.686. The Bertz CT molecular complexity index is 839. The average molecular weight is 412 g/mol. The van der Waals surface area contributed by atoms with Gasteiger partial charge in [0.1, 0.15) is 5.76 Å². The minimum absolute atomic E-state index is 0.00144. The molecule has 0 radical (unpaired) electrons. The van der Waals surface area contributed by atoms with Gasteiger partial charge in [0.25, 0.3) is 0 Å². The minimum Gasteiger partial charge on any atom is -0.441 e. The first-order valence-corrected chi connectivity index (χ1v) is 11.2. The van der Waals surface area contributed by atoms with Gasteiger partial charge in [-0.15, -0.1) is 0 Å². The summed E-state index contributed by atoms with van der Waals surface area (Å²) < 4.78 is 5.88. The van der Waals surface area contributed by atoms with Crippen LogP contribution in [0, 0.1) is 6.92 Å². The van der Waals surface area contributed by atoms with Gasteiger partial charge in [-0.1, -0.05) is 31.5 Å². The topological polar surface area (TPSA) is 58.4 Å². The Labute approximate surface area is 181 Å². The van der Waals surface area contributed by atoms with Crippen molar-refractivity contribution in [2.75, 3.05) is 6.54 Å². The van der Waals surface area contributed by atoms with Gasteiger partial charge < -0.3 is 14.6 Å². The number of benzene rings is 1. The molecule has 1 aromatic carbocycles. The third-order valence-electron chi connectivity index (χ3n) is 5.91. The molecule has 1 aliphatic rings. The zero-order valence-corrected chi connectivity index (χ0v) is 19.4. The van der Waals surface area contributed by atoms with E-state index in [-0.39, 0.29) is 29.4 Å². The molecule has 5 heteroatoms. The Morgan fingerprint density at radius 2 is 1.80 bits per heavy atom. The van der Waals surface area contributed by atoms with E-state index in [1.807, 2.05) is 37.3 Å². The fourth-order valence-electron chi connectivity index (χ4n) is 4.87. The summed E-state index contributed by atoms with van der Waals surface area (Å²) in [5.74, 6) is 1.46. The second-order valence-electron chi connectivity index (χ2n) is 9.96. The smallest absolute Gasteiger partial charge is 0.228 e. The van der Waals surface area contributed by atoms with Crippen molar-refractivity contribution in [2.45, 2.75) is 90.8 Å². The highest BCUT2D eigenvalue weighted by Gasteiger charge is 2.41. The molecule has 0 unspecified atom stereocenters.